The molecule has 7 heteroatoms. The number of imidazole rings is 1. The second kappa shape index (κ2) is 7.04. The second-order valence-corrected chi connectivity index (χ2v) is 6.54. The molecule has 3 rings (SSSR count). The highest BCUT2D eigenvalue weighted by molar-refractivity contribution is 5.80. The average Bonchev–Trinajstić information content (AvgIpc) is 2.99. The number of likely N-dealkylation sites (N-methyl/N-ethyl adjacent to an activating group) is 1. The molecule has 0 saturated carbocycles. The predicted octanol–water partition coefficient (Wildman–Crippen LogP) is 1.14. The minimum absolute atomic E-state index is 0.0706. The van der Waals surface area contributed by atoms with Crippen molar-refractivity contribution in [3.05, 3.63) is 47.8 Å². The minimum Gasteiger partial charge on any atom is -0.351 e. The second-order valence-electron chi connectivity index (χ2n) is 6.54. The van der Waals surface area contributed by atoms with E-state index in [-0.39, 0.29) is 30.3 Å². The molecule has 0 aliphatic carbocycles. The van der Waals surface area contributed by atoms with E-state index in [0.717, 1.165) is 17.1 Å². The zero-order valence-electron chi connectivity index (χ0n) is 14.8. The molecule has 0 radical (unpaired) electrons. The van der Waals surface area contributed by atoms with Gasteiger partial charge in [-0.2, -0.15) is 0 Å². The van der Waals surface area contributed by atoms with Gasteiger partial charge in [-0.05, 0) is 25.0 Å². The highest BCUT2D eigenvalue weighted by Crippen LogP contribution is 2.29. The van der Waals surface area contributed by atoms with Crippen molar-refractivity contribution in [1.29, 1.82) is 0 Å². The van der Waals surface area contributed by atoms with Crippen molar-refractivity contribution < 1.29 is 9.59 Å². The van der Waals surface area contributed by atoms with Crippen LogP contribution in [0.15, 0.2) is 30.7 Å². The van der Waals surface area contributed by atoms with Crippen LogP contribution in [-0.4, -0.2) is 44.3 Å². The molecule has 0 aromatic carbocycles. The van der Waals surface area contributed by atoms with Crippen LogP contribution in [0, 0.1) is 6.92 Å². The topological polar surface area (TPSA) is 80.1 Å². The van der Waals surface area contributed by atoms with Crippen LogP contribution < -0.4 is 5.32 Å². The van der Waals surface area contributed by atoms with E-state index in [9.17, 15) is 9.59 Å². The van der Waals surface area contributed by atoms with Gasteiger partial charge in [0, 0.05) is 44.8 Å². The molecule has 3 heterocycles. The van der Waals surface area contributed by atoms with Crippen molar-refractivity contribution in [2.24, 2.45) is 7.05 Å². The summed E-state index contributed by atoms with van der Waals surface area (Å²) in [5.74, 6) is 0.775. The van der Waals surface area contributed by atoms with Gasteiger partial charge in [-0.3, -0.25) is 14.6 Å². The third-order valence-corrected chi connectivity index (χ3v) is 4.67. The standard InChI is InChI=1S/C18H23N5O2/c1-12-4-5-13(11-20-12)10-15(24)21-14-6-7-16(25)23(3)17(14)18-19-8-9-22(18)2/h4-5,8-9,11,14,17H,6-7,10H2,1-3H3,(H,21,24)/t14-,17-/m1/s1. The van der Waals surface area contributed by atoms with E-state index in [2.05, 4.69) is 15.3 Å². The summed E-state index contributed by atoms with van der Waals surface area (Å²) < 4.78 is 1.89. The van der Waals surface area contributed by atoms with Crippen molar-refractivity contribution in [3.63, 3.8) is 0 Å². The quantitative estimate of drug-likeness (QED) is 0.904. The van der Waals surface area contributed by atoms with Crippen LogP contribution in [0.25, 0.3) is 0 Å². The fraction of sp³-hybridized carbons (Fsp3) is 0.444. The van der Waals surface area contributed by atoms with Gasteiger partial charge in [0.25, 0.3) is 0 Å². The first kappa shape index (κ1) is 17.1. The number of hydrogen-bond acceptors (Lipinski definition) is 4. The first-order valence-electron chi connectivity index (χ1n) is 8.39. The number of carbonyl (C=O) groups is 2. The molecule has 132 valence electrons. The first-order chi connectivity index (χ1) is 12.0. The molecule has 1 saturated heterocycles. The van der Waals surface area contributed by atoms with Crippen LogP contribution in [0.4, 0.5) is 0 Å². The molecule has 2 atom stereocenters. The SMILES string of the molecule is Cc1ccc(CC(=O)N[C@@H]2CCC(=O)N(C)[C@H]2c2nccn2C)cn1. The molecule has 0 spiro atoms. The number of rotatable bonds is 4. The van der Waals surface area contributed by atoms with Crippen molar-refractivity contribution in [1.82, 2.24) is 24.8 Å². The summed E-state index contributed by atoms with van der Waals surface area (Å²) in [6, 6.07) is 3.39. The van der Waals surface area contributed by atoms with Crippen LogP contribution in [0.2, 0.25) is 0 Å². The first-order valence-corrected chi connectivity index (χ1v) is 8.39. The number of nitrogens with zero attached hydrogens (tertiary/aromatic N) is 4. The molecular weight excluding hydrogens is 318 g/mol. The summed E-state index contributed by atoms with van der Waals surface area (Å²) in [5.41, 5.74) is 1.79. The molecular formula is C18H23N5O2. The van der Waals surface area contributed by atoms with E-state index in [0.29, 0.717) is 12.8 Å². The van der Waals surface area contributed by atoms with Gasteiger partial charge in [0.05, 0.1) is 12.5 Å². The minimum atomic E-state index is -0.263. The molecule has 1 fully saturated rings. The van der Waals surface area contributed by atoms with Crippen molar-refractivity contribution in [3.8, 4) is 0 Å². The zero-order valence-corrected chi connectivity index (χ0v) is 14.8. The molecule has 25 heavy (non-hydrogen) atoms. The lowest BCUT2D eigenvalue weighted by Crippen LogP contribution is -2.51. The number of hydrogen-bond donors (Lipinski definition) is 1. The number of piperidine rings is 1. The van der Waals surface area contributed by atoms with E-state index in [4.69, 9.17) is 0 Å². The lowest BCUT2D eigenvalue weighted by Gasteiger charge is -2.38. The normalized spacial score (nSPS) is 20.6. The summed E-state index contributed by atoms with van der Waals surface area (Å²) in [7, 11) is 3.66. The van der Waals surface area contributed by atoms with Gasteiger partial charge in [-0.15, -0.1) is 0 Å². The fourth-order valence-corrected chi connectivity index (χ4v) is 3.25. The Kier molecular flexibility index (Phi) is 4.83. The lowest BCUT2D eigenvalue weighted by molar-refractivity contribution is -0.137. The van der Waals surface area contributed by atoms with Crippen molar-refractivity contribution >= 4 is 11.8 Å². The smallest absolute Gasteiger partial charge is 0.224 e. The third kappa shape index (κ3) is 3.70. The Morgan fingerprint density at radius 2 is 2.12 bits per heavy atom. The van der Waals surface area contributed by atoms with Gasteiger partial charge in [0.15, 0.2) is 0 Å². The van der Waals surface area contributed by atoms with Gasteiger partial charge in [0.1, 0.15) is 11.9 Å². The zero-order chi connectivity index (χ0) is 18.0. The number of aromatic nitrogens is 3. The van der Waals surface area contributed by atoms with E-state index in [1.807, 2.05) is 36.9 Å². The van der Waals surface area contributed by atoms with Crippen LogP contribution in [0.1, 0.15) is 36.0 Å². The van der Waals surface area contributed by atoms with Crippen LogP contribution in [0.3, 0.4) is 0 Å². The van der Waals surface area contributed by atoms with E-state index < -0.39 is 0 Å². The number of aryl methyl sites for hydroxylation is 2. The Bertz CT molecular complexity index is 768. The number of nitrogens with one attached hydrogen (secondary N) is 1. The van der Waals surface area contributed by atoms with E-state index in [1.54, 1.807) is 24.3 Å². The van der Waals surface area contributed by atoms with Crippen molar-refractivity contribution in [2.45, 2.75) is 38.3 Å². The highest BCUT2D eigenvalue weighted by atomic mass is 16.2. The monoisotopic (exact) mass is 341 g/mol. The summed E-state index contributed by atoms with van der Waals surface area (Å²) in [5, 5.41) is 3.08. The number of pyridine rings is 1. The number of likely N-dealkylation sites (tertiary alicyclic amines) is 1. The van der Waals surface area contributed by atoms with Gasteiger partial charge < -0.3 is 14.8 Å². The van der Waals surface area contributed by atoms with Crippen LogP contribution in [-0.2, 0) is 23.1 Å². The maximum Gasteiger partial charge on any atom is 0.224 e. The van der Waals surface area contributed by atoms with E-state index >= 15 is 0 Å². The molecule has 2 amide bonds. The molecule has 2 aromatic heterocycles. The van der Waals surface area contributed by atoms with Gasteiger partial charge >= 0.3 is 0 Å². The Morgan fingerprint density at radius 3 is 2.76 bits per heavy atom. The molecule has 0 unspecified atom stereocenters. The number of amides is 2. The Labute approximate surface area is 147 Å². The Morgan fingerprint density at radius 1 is 1.32 bits per heavy atom. The average molecular weight is 341 g/mol. The van der Waals surface area contributed by atoms with Gasteiger partial charge in [0.2, 0.25) is 11.8 Å². The lowest BCUT2D eigenvalue weighted by atomic mass is 9.95. The number of carbonyl (C=O) groups excluding carboxylic acids is 2. The largest absolute Gasteiger partial charge is 0.351 e. The molecule has 7 nitrogen and oxygen atoms in total. The van der Waals surface area contributed by atoms with Gasteiger partial charge in [-0.1, -0.05) is 6.07 Å². The summed E-state index contributed by atoms with van der Waals surface area (Å²) in [4.78, 5) is 34.9. The molecule has 1 aliphatic heterocycles. The van der Waals surface area contributed by atoms with Crippen LogP contribution >= 0.6 is 0 Å². The van der Waals surface area contributed by atoms with Gasteiger partial charge in [-0.25, -0.2) is 4.98 Å². The third-order valence-electron chi connectivity index (χ3n) is 4.67. The maximum absolute atomic E-state index is 12.5. The Hall–Kier alpha value is -2.70. The van der Waals surface area contributed by atoms with Crippen LogP contribution in [0.5, 0.6) is 0 Å². The highest BCUT2D eigenvalue weighted by Gasteiger charge is 2.37. The Balaban J connectivity index is 1.74. The summed E-state index contributed by atoms with van der Waals surface area (Å²) >= 11 is 0. The maximum atomic E-state index is 12.5. The summed E-state index contributed by atoms with van der Waals surface area (Å²) in [6.45, 7) is 1.91. The fourth-order valence-electron chi connectivity index (χ4n) is 3.25. The molecule has 2 aromatic rings. The molecule has 1 N–H and O–H groups in total. The van der Waals surface area contributed by atoms with Crippen molar-refractivity contribution in [2.75, 3.05) is 7.05 Å². The molecule has 1 aliphatic rings. The van der Waals surface area contributed by atoms with E-state index in [1.165, 1.54) is 0 Å². The molecule has 0 bridgehead atoms. The summed E-state index contributed by atoms with van der Waals surface area (Å²) in [6.07, 6.45) is 6.58. The predicted molar refractivity (Wildman–Crippen MR) is 92.6 cm³/mol.